The van der Waals surface area contributed by atoms with Gasteiger partial charge >= 0.3 is 0 Å². The molecule has 4 rings (SSSR count). The summed E-state index contributed by atoms with van der Waals surface area (Å²) >= 11 is 0. The maximum Gasteiger partial charge on any atom is 0.230 e. The lowest BCUT2D eigenvalue weighted by Crippen LogP contribution is -2.50. The van der Waals surface area contributed by atoms with Crippen LogP contribution in [0.15, 0.2) is 24.3 Å². The number of pyridine rings is 1. The predicted octanol–water partition coefficient (Wildman–Crippen LogP) is 2.36. The number of benzene rings is 1. The van der Waals surface area contributed by atoms with Crippen molar-refractivity contribution in [3.05, 3.63) is 29.8 Å². The molecular formula is C21H27N3O3. The van der Waals surface area contributed by atoms with E-state index in [-0.39, 0.29) is 17.9 Å². The minimum Gasteiger partial charge on any atom is -0.497 e. The van der Waals surface area contributed by atoms with Gasteiger partial charge in [-0.15, -0.1) is 0 Å². The van der Waals surface area contributed by atoms with Crippen molar-refractivity contribution in [1.82, 2.24) is 9.88 Å². The van der Waals surface area contributed by atoms with E-state index in [9.17, 15) is 9.90 Å². The molecule has 0 bridgehead atoms. The normalized spacial score (nSPS) is 22.9. The van der Waals surface area contributed by atoms with Crippen molar-refractivity contribution in [2.45, 2.75) is 26.2 Å². The van der Waals surface area contributed by atoms with E-state index >= 15 is 0 Å². The number of β-amino-alcohol motifs (C(OH)–C–C–N with tert-alkyl or cyclic N) is 1. The third kappa shape index (κ3) is 3.12. The van der Waals surface area contributed by atoms with Gasteiger partial charge in [0.15, 0.2) is 0 Å². The summed E-state index contributed by atoms with van der Waals surface area (Å²) in [6.45, 7) is 4.86. The van der Waals surface area contributed by atoms with Crippen LogP contribution in [0.3, 0.4) is 0 Å². The number of hydrogen-bond donors (Lipinski definition) is 1. The standard InChI is InChI=1S/C21H27N3O3/c1-15-12-19(22-18-13-16(27-2)4-5-17(15)18)24-9-7-21(14-24)6-3-8-23(10-11-25)20(21)26/h4-5,12-13,25H,3,6-11,14H2,1-2H3/t21-/m1/s1. The highest BCUT2D eigenvalue weighted by molar-refractivity contribution is 5.87. The molecule has 0 radical (unpaired) electrons. The van der Waals surface area contributed by atoms with Crippen LogP contribution in [0.2, 0.25) is 0 Å². The van der Waals surface area contributed by atoms with Crippen molar-refractivity contribution in [2.24, 2.45) is 5.41 Å². The number of likely N-dealkylation sites (tertiary alicyclic amines) is 1. The van der Waals surface area contributed by atoms with E-state index in [0.29, 0.717) is 13.1 Å². The first kappa shape index (κ1) is 18.0. The zero-order valence-corrected chi connectivity index (χ0v) is 16.1. The molecule has 2 aliphatic heterocycles. The zero-order valence-electron chi connectivity index (χ0n) is 16.1. The Hall–Kier alpha value is -2.34. The van der Waals surface area contributed by atoms with Crippen LogP contribution in [0.1, 0.15) is 24.8 Å². The van der Waals surface area contributed by atoms with Gasteiger partial charge in [0.25, 0.3) is 0 Å². The topological polar surface area (TPSA) is 65.9 Å². The molecule has 3 heterocycles. The minimum absolute atomic E-state index is 0.0266. The van der Waals surface area contributed by atoms with Gasteiger partial charge in [-0.05, 0) is 49.9 Å². The van der Waals surface area contributed by atoms with Crippen molar-refractivity contribution in [3.63, 3.8) is 0 Å². The predicted molar refractivity (Wildman–Crippen MR) is 105 cm³/mol. The van der Waals surface area contributed by atoms with Crippen molar-refractivity contribution in [1.29, 1.82) is 0 Å². The van der Waals surface area contributed by atoms with Crippen LogP contribution in [-0.2, 0) is 4.79 Å². The number of rotatable bonds is 4. The zero-order chi connectivity index (χ0) is 19.0. The summed E-state index contributed by atoms with van der Waals surface area (Å²) in [6, 6.07) is 8.08. The molecule has 2 aliphatic rings. The third-order valence-electron chi connectivity index (χ3n) is 6.08. The first-order chi connectivity index (χ1) is 13.1. The largest absolute Gasteiger partial charge is 0.497 e. The van der Waals surface area contributed by atoms with Gasteiger partial charge in [-0.1, -0.05) is 0 Å². The second-order valence-corrected chi connectivity index (χ2v) is 7.75. The summed E-state index contributed by atoms with van der Waals surface area (Å²) in [7, 11) is 1.66. The molecule has 1 N–H and O–H groups in total. The number of carbonyl (C=O) groups excluding carboxylic acids is 1. The Morgan fingerprint density at radius 1 is 1.26 bits per heavy atom. The summed E-state index contributed by atoms with van der Waals surface area (Å²) < 4.78 is 5.34. The van der Waals surface area contributed by atoms with E-state index in [1.54, 1.807) is 7.11 Å². The Morgan fingerprint density at radius 3 is 2.89 bits per heavy atom. The SMILES string of the molecule is COc1ccc2c(C)cc(N3CC[C@]4(CCCN(CCO)C4=O)C3)nc2c1. The van der Waals surface area contributed by atoms with Crippen LogP contribution >= 0.6 is 0 Å². The first-order valence-electron chi connectivity index (χ1n) is 9.67. The van der Waals surface area contributed by atoms with Gasteiger partial charge in [0.05, 0.1) is 24.6 Å². The summed E-state index contributed by atoms with van der Waals surface area (Å²) in [5.41, 5.74) is 1.77. The molecule has 1 amide bonds. The number of aliphatic hydroxyl groups is 1. The van der Waals surface area contributed by atoms with Crippen LogP contribution < -0.4 is 9.64 Å². The average molecular weight is 369 g/mol. The van der Waals surface area contributed by atoms with Gasteiger partial charge < -0.3 is 19.6 Å². The molecule has 27 heavy (non-hydrogen) atoms. The molecule has 1 aromatic heterocycles. The number of carbonyl (C=O) groups is 1. The molecule has 6 nitrogen and oxygen atoms in total. The van der Waals surface area contributed by atoms with E-state index in [1.807, 2.05) is 23.1 Å². The van der Waals surface area contributed by atoms with Crippen LogP contribution in [0, 0.1) is 12.3 Å². The van der Waals surface area contributed by atoms with Crippen LogP contribution in [0.5, 0.6) is 5.75 Å². The fraction of sp³-hybridized carbons (Fsp3) is 0.524. The molecule has 2 fully saturated rings. The molecule has 2 aromatic rings. The van der Waals surface area contributed by atoms with E-state index in [4.69, 9.17) is 9.72 Å². The Labute approximate surface area is 159 Å². The lowest BCUT2D eigenvalue weighted by molar-refractivity contribution is -0.145. The summed E-state index contributed by atoms with van der Waals surface area (Å²) in [5, 5.41) is 10.4. The Morgan fingerprint density at radius 2 is 2.11 bits per heavy atom. The maximum absolute atomic E-state index is 13.0. The lowest BCUT2D eigenvalue weighted by Gasteiger charge is -2.39. The highest BCUT2D eigenvalue weighted by Gasteiger charge is 2.48. The van der Waals surface area contributed by atoms with Crippen molar-refractivity contribution in [3.8, 4) is 5.75 Å². The number of fused-ring (bicyclic) bond motifs is 1. The third-order valence-corrected chi connectivity index (χ3v) is 6.08. The Kier molecular flexibility index (Phi) is 4.68. The number of aromatic nitrogens is 1. The van der Waals surface area contributed by atoms with Crippen LogP contribution in [0.4, 0.5) is 5.82 Å². The van der Waals surface area contributed by atoms with Gasteiger partial charge in [-0.3, -0.25) is 4.79 Å². The van der Waals surface area contributed by atoms with E-state index < -0.39 is 0 Å². The molecule has 1 spiro atoms. The molecule has 0 saturated carbocycles. The quantitative estimate of drug-likeness (QED) is 0.896. The number of ether oxygens (including phenoxy) is 1. The summed E-state index contributed by atoms with van der Waals surface area (Å²) in [5.74, 6) is 1.92. The summed E-state index contributed by atoms with van der Waals surface area (Å²) in [4.78, 5) is 22.0. The second kappa shape index (κ2) is 7.00. The second-order valence-electron chi connectivity index (χ2n) is 7.75. The van der Waals surface area contributed by atoms with Gasteiger partial charge in [0.2, 0.25) is 5.91 Å². The van der Waals surface area contributed by atoms with Gasteiger partial charge in [0.1, 0.15) is 11.6 Å². The maximum atomic E-state index is 13.0. The number of piperidine rings is 1. The molecule has 0 aliphatic carbocycles. The van der Waals surface area contributed by atoms with Crippen molar-refractivity contribution >= 4 is 22.6 Å². The van der Waals surface area contributed by atoms with E-state index in [2.05, 4.69) is 17.9 Å². The molecular weight excluding hydrogens is 342 g/mol. The first-order valence-corrected chi connectivity index (χ1v) is 9.67. The van der Waals surface area contributed by atoms with Gasteiger partial charge in [-0.2, -0.15) is 0 Å². The molecule has 1 atom stereocenters. The fourth-order valence-corrected chi connectivity index (χ4v) is 4.59. The van der Waals surface area contributed by atoms with E-state index in [1.165, 1.54) is 5.56 Å². The monoisotopic (exact) mass is 369 g/mol. The smallest absolute Gasteiger partial charge is 0.230 e. The van der Waals surface area contributed by atoms with Crippen LogP contribution in [0.25, 0.3) is 10.9 Å². The number of amides is 1. The molecule has 0 unspecified atom stereocenters. The molecule has 1 aromatic carbocycles. The number of anilines is 1. The van der Waals surface area contributed by atoms with Crippen molar-refractivity contribution in [2.75, 3.05) is 44.8 Å². The highest BCUT2D eigenvalue weighted by atomic mass is 16.5. The number of nitrogens with zero attached hydrogens (tertiary/aromatic N) is 3. The molecule has 144 valence electrons. The molecule has 2 saturated heterocycles. The number of aliphatic hydroxyl groups excluding tert-OH is 1. The Balaban J connectivity index is 1.62. The lowest BCUT2D eigenvalue weighted by atomic mass is 9.78. The molecule has 6 heteroatoms. The highest BCUT2D eigenvalue weighted by Crippen LogP contribution is 2.41. The van der Waals surface area contributed by atoms with Gasteiger partial charge in [0, 0.05) is 37.6 Å². The Bertz CT molecular complexity index is 867. The van der Waals surface area contributed by atoms with Crippen LogP contribution in [-0.4, -0.2) is 60.8 Å². The van der Waals surface area contributed by atoms with Gasteiger partial charge in [-0.25, -0.2) is 4.98 Å². The minimum atomic E-state index is -0.327. The average Bonchev–Trinajstić information content (AvgIpc) is 3.10. The number of methoxy groups -OCH3 is 1. The fourth-order valence-electron chi connectivity index (χ4n) is 4.59. The van der Waals surface area contributed by atoms with E-state index in [0.717, 1.165) is 54.8 Å². The van der Waals surface area contributed by atoms with Crippen molar-refractivity contribution < 1.29 is 14.6 Å². The summed E-state index contributed by atoms with van der Waals surface area (Å²) in [6.07, 6.45) is 2.77. The number of hydrogen-bond acceptors (Lipinski definition) is 5. The number of aryl methyl sites for hydroxylation is 1.